The van der Waals surface area contributed by atoms with E-state index in [1.165, 1.54) is 17.3 Å². The Labute approximate surface area is 285 Å². The zero-order valence-electron chi connectivity index (χ0n) is 25.5. The van der Waals surface area contributed by atoms with Crippen molar-refractivity contribution in [3.8, 4) is 0 Å². The van der Waals surface area contributed by atoms with Crippen molar-refractivity contribution in [2.75, 3.05) is 16.4 Å². The van der Waals surface area contributed by atoms with Gasteiger partial charge in [-0.3, -0.25) is 14.4 Å². The molecule has 6 aromatic rings. The quantitative estimate of drug-likeness (QED) is 0.0984. The SMILES string of the molecule is CCn1c2ccccc2c2cc(NC(=O)CSc3ccc(NC(=O)/C(=C/c4cccc(Br)c4)NC(=O)c4ccccc4)cc3)ccc21. The molecule has 3 amide bonds. The van der Waals surface area contributed by atoms with Gasteiger partial charge in [-0.2, -0.15) is 0 Å². The Hall–Kier alpha value is -5.12. The second-order valence-electron chi connectivity index (χ2n) is 10.7. The molecule has 0 saturated carbocycles. The number of aromatic nitrogens is 1. The number of para-hydroxylation sites is 1. The summed E-state index contributed by atoms with van der Waals surface area (Å²) < 4.78 is 3.13. The van der Waals surface area contributed by atoms with Crippen LogP contribution in [0.5, 0.6) is 0 Å². The van der Waals surface area contributed by atoms with Crippen molar-refractivity contribution < 1.29 is 14.4 Å². The molecule has 0 fully saturated rings. The van der Waals surface area contributed by atoms with E-state index in [9.17, 15) is 14.4 Å². The molecule has 0 saturated heterocycles. The maximum Gasteiger partial charge on any atom is 0.272 e. The monoisotopic (exact) mass is 702 g/mol. The molecular formula is C38H31BrN4O3S. The molecule has 0 bridgehead atoms. The number of hydrogen-bond acceptors (Lipinski definition) is 4. The van der Waals surface area contributed by atoms with Gasteiger partial charge < -0.3 is 20.5 Å². The van der Waals surface area contributed by atoms with Crippen LogP contribution in [0, 0.1) is 0 Å². The van der Waals surface area contributed by atoms with Crippen LogP contribution in [-0.4, -0.2) is 28.0 Å². The average Bonchev–Trinajstić information content (AvgIpc) is 3.41. The number of carbonyl (C=O) groups is 3. The third kappa shape index (κ3) is 7.65. The fourth-order valence-corrected chi connectivity index (χ4v) is 6.47. The predicted octanol–water partition coefficient (Wildman–Crippen LogP) is 8.72. The number of benzene rings is 5. The molecule has 0 aliphatic carbocycles. The molecule has 234 valence electrons. The van der Waals surface area contributed by atoms with E-state index < -0.39 is 5.91 Å². The molecule has 0 aliphatic rings. The molecule has 1 heterocycles. The average molecular weight is 704 g/mol. The molecule has 1 aromatic heterocycles. The fraction of sp³-hybridized carbons (Fsp3) is 0.0789. The standard InChI is InChI=1S/C38H31BrN4O3S/c1-2-43-34-14-7-6-13-31(34)32-23-29(17-20-35(32)43)40-36(44)24-47-30-18-15-28(16-19-30)41-38(46)33(22-25-9-8-12-27(39)21-25)42-37(45)26-10-4-3-5-11-26/h3-23H,2,24H2,1H3,(H,40,44)(H,41,46)(H,42,45)/b33-22-. The van der Waals surface area contributed by atoms with Gasteiger partial charge in [0.25, 0.3) is 11.8 Å². The molecule has 0 aliphatic heterocycles. The molecule has 5 aromatic carbocycles. The molecule has 0 radical (unpaired) electrons. The number of rotatable bonds is 10. The smallest absolute Gasteiger partial charge is 0.272 e. The molecule has 47 heavy (non-hydrogen) atoms. The molecule has 3 N–H and O–H groups in total. The first kappa shape index (κ1) is 31.8. The third-order valence-corrected chi connectivity index (χ3v) is 9.05. The Balaban J connectivity index is 1.09. The number of aryl methyl sites for hydroxylation is 1. The molecule has 0 unspecified atom stereocenters. The van der Waals surface area contributed by atoms with E-state index in [1.807, 2.05) is 66.7 Å². The first-order valence-corrected chi connectivity index (χ1v) is 16.8. The van der Waals surface area contributed by atoms with Gasteiger partial charge in [0.2, 0.25) is 5.91 Å². The first-order chi connectivity index (χ1) is 22.9. The van der Waals surface area contributed by atoms with Crippen molar-refractivity contribution in [3.05, 3.63) is 143 Å². The van der Waals surface area contributed by atoms with Gasteiger partial charge in [-0.1, -0.05) is 64.5 Å². The lowest BCUT2D eigenvalue weighted by Gasteiger charge is -2.12. The Bertz CT molecular complexity index is 2120. The van der Waals surface area contributed by atoms with E-state index in [-0.39, 0.29) is 23.3 Å². The number of fused-ring (bicyclic) bond motifs is 3. The zero-order chi connectivity index (χ0) is 32.8. The number of thioether (sulfide) groups is 1. The van der Waals surface area contributed by atoms with Crippen LogP contribution in [0.3, 0.4) is 0 Å². The lowest BCUT2D eigenvalue weighted by Crippen LogP contribution is -2.30. The number of amides is 3. The van der Waals surface area contributed by atoms with Gasteiger partial charge in [-0.05, 0) is 91.4 Å². The summed E-state index contributed by atoms with van der Waals surface area (Å²) in [5.74, 6) is -0.735. The fourth-order valence-electron chi connectivity index (χ4n) is 5.36. The second kappa shape index (κ2) is 14.5. The van der Waals surface area contributed by atoms with Crippen LogP contribution >= 0.6 is 27.7 Å². The van der Waals surface area contributed by atoms with Gasteiger partial charge >= 0.3 is 0 Å². The Morgan fingerprint density at radius 2 is 1.47 bits per heavy atom. The van der Waals surface area contributed by atoms with Gasteiger partial charge in [-0.15, -0.1) is 11.8 Å². The highest BCUT2D eigenvalue weighted by atomic mass is 79.9. The van der Waals surface area contributed by atoms with Gasteiger partial charge in [0.15, 0.2) is 0 Å². The second-order valence-corrected chi connectivity index (χ2v) is 12.7. The van der Waals surface area contributed by atoms with Crippen molar-refractivity contribution in [1.29, 1.82) is 0 Å². The minimum absolute atomic E-state index is 0.101. The summed E-state index contributed by atoms with van der Waals surface area (Å²) >= 11 is 4.85. The number of hydrogen-bond donors (Lipinski definition) is 3. The molecule has 0 atom stereocenters. The van der Waals surface area contributed by atoms with Crippen LogP contribution < -0.4 is 16.0 Å². The zero-order valence-corrected chi connectivity index (χ0v) is 27.9. The number of carbonyl (C=O) groups excluding carboxylic acids is 3. The summed E-state index contributed by atoms with van der Waals surface area (Å²) in [6.07, 6.45) is 1.63. The summed E-state index contributed by atoms with van der Waals surface area (Å²) in [5.41, 5.74) is 4.92. The van der Waals surface area contributed by atoms with E-state index in [1.54, 1.807) is 42.5 Å². The maximum absolute atomic E-state index is 13.3. The number of halogens is 1. The minimum Gasteiger partial charge on any atom is -0.341 e. The van der Waals surface area contributed by atoms with Crippen LogP contribution in [-0.2, 0) is 16.1 Å². The molecule has 6 rings (SSSR count). The summed E-state index contributed by atoms with van der Waals surface area (Å²) in [5, 5.41) is 10.9. The van der Waals surface area contributed by atoms with Crippen molar-refractivity contribution in [2.45, 2.75) is 18.4 Å². The summed E-state index contributed by atoms with van der Waals surface area (Å²) in [6.45, 7) is 2.99. The van der Waals surface area contributed by atoms with Crippen LogP contribution in [0.15, 0.2) is 136 Å². The number of nitrogens with one attached hydrogen (secondary N) is 3. The highest BCUT2D eigenvalue weighted by Crippen LogP contribution is 2.31. The minimum atomic E-state index is -0.465. The first-order valence-electron chi connectivity index (χ1n) is 15.1. The van der Waals surface area contributed by atoms with Crippen molar-refractivity contribution in [2.24, 2.45) is 0 Å². The summed E-state index contributed by atoms with van der Waals surface area (Å²) in [6, 6.07) is 37.7. The highest BCUT2D eigenvalue weighted by molar-refractivity contribution is 9.10. The van der Waals surface area contributed by atoms with Gasteiger partial charge in [0, 0.05) is 54.7 Å². The molecule has 9 heteroatoms. The topological polar surface area (TPSA) is 92.2 Å². The van der Waals surface area contributed by atoms with Gasteiger partial charge in [-0.25, -0.2) is 0 Å². The summed E-state index contributed by atoms with van der Waals surface area (Å²) in [4.78, 5) is 40.0. The van der Waals surface area contributed by atoms with Crippen LogP contribution in [0.2, 0.25) is 0 Å². The van der Waals surface area contributed by atoms with E-state index in [0.717, 1.165) is 43.5 Å². The van der Waals surface area contributed by atoms with Crippen molar-refractivity contribution in [3.63, 3.8) is 0 Å². The van der Waals surface area contributed by atoms with Crippen LogP contribution in [0.4, 0.5) is 11.4 Å². The number of anilines is 2. The molecular weight excluding hydrogens is 672 g/mol. The van der Waals surface area contributed by atoms with Crippen molar-refractivity contribution in [1.82, 2.24) is 9.88 Å². The van der Waals surface area contributed by atoms with E-state index in [0.29, 0.717) is 11.3 Å². The van der Waals surface area contributed by atoms with E-state index in [4.69, 9.17) is 0 Å². The lowest BCUT2D eigenvalue weighted by molar-refractivity contribution is -0.114. The third-order valence-electron chi connectivity index (χ3n) is 7.54. The highest BCUT2D eigenvalue weighted by Gasteiger charge is 2.16. The normalized spacial score (nSPS) is 11.4. The summed E-state index contributed by atoms with van der Waals surface area (Å²) in [7, 11) is 0. The van der Waals surface area contributed by atoms with E-state index in [2.05, 4.69) is 61.6 Å². The van der Waals surface area contributed by atoms with Gasteiger partial charge in [0.1, 0.15) is 5.70 Å². The number of nitrogens with zero attached hydrogens (tertiary/aromatic N) is 1. The maximum atomic E-state index is 13.3. The van der Waals surface area contributed by atoms with E-state index >= 15 is 0 Å². The Morgan fingerprint density at radius 3 is 2.23 bits per heavy atom. The van der Waals surface area contributed by atoms with Crippen LogP contribution in [0.25, 0.3) is 27.9 Å². The van der Waals surface area contributed by atoms with Gasteiger partial charge in [0.05, 0.1) is 5.75 Å². The Morgan fingerprint density at radius 1 is 0.745 bits per heavy atom. The largest absolute Gasteiger partial charge is 0.341 e. The lowest BCUT2D eigenvalue weighted by atomic mass is 10.1. The Kier molecular flexibility index (Phi) is 9.85. The van der Waals surface area contributed by atoms with Crippen molar-refractivity contribution >= 4 is 84.7 Å². The van der Waals surface area contributed by atoms with Crippen LogP contribution in [0.1, 0.15) is 22.8 Å². The predicted molar refractivity (Wildman–Crippen MR) is 196 cm³/mol. The molecule has 0 spiro atoms. The molecule has 7 nitrogen and oxygen atoms in total.